The second kappa shape index (κ2) is 5.77. The van der Waals surface area contributed by atoms with Crippen molar-refractivity contribution in [2.45, 2.75) is 33.1 Å². The standard InChI is InChI=1S/C15H20N4O/c1-4-10(2)12-5-6-14(20)13(7-12)8-17-19-9-11(3)18-15(19)16/h5-10,20H,4H2,1-3H3,(H2,16,18). The molecule has 0 saturated heterocycles. The maximum atomic E-state index is 9.89. The van der Waals surface area contributed by atoms with Gasteiger partial charge in [0.1, 0.15) is 5.75 Å². The Labute approximate surface area is 118 Å². The average molecular weight is 272 g/mol. The van der Waals surface area contributed by atoms with Gasteiger partial charge in [0.25, 0.3) is 0 Å². The SMILES string of the molecule is CCC(C)c1ccc(O)c(C=Nn2cc(C)nc2N)c1. The molecule has 106 valence electrons. The summed E-state index contributed by atoms with van der Waals surface area (Å²) < 4.78 is 1.49. The molecular formula is C15H20N4O. The molecule has 3 N–H and O–H groups in total. The highest BCUT2D eigenvalue weighted by Gasteiger charge is 2.06. The number of phenolic OH excluding ortho intramolecular Hbond substituents is 1. The predicted octanol–water partition coefficient (Wildman–Crippen LogP) is 2.88. The van der Waals surface area contributed by atoms with Crippen LogP contribution in [-0.2, 0) is 0 Å². The Hall–Kier alpha value is -2.30. The highest BCUT2D eigenvalue weighted by molar-refractivity contribution is 5.83. The molecular weight excluding hydrogens is 252 g/mol. The van der Waals surface area contributed by atoms with Gasteiger partial charge in [0.2, 0.25) is 5.95 Å². The molecule has 5 nitrogen and oxygen atoms in total. The molecule has 0 saturated carbocycles. The molecule has 0 spiro atoms. The number of aromatic nitrogens is 2. The van der Waals surface area contributed by atoms with Crippen LogP contribution in [0.4, 0.5) is 5.95 Å². The lowest BCUT2D eigenvalue weighted by atomic mass is 9.97. The zero-order valence-corrected chi connectivity index (χ0v) is 12.0. The third-order valence-electron chi connectivity index (χ3n) is 3.39. The first-order valence-corrected chi connectivity index (χ1v) is 6.70. The molecule has 0 amide bonds. The van der Waals surface area contributed by atoms with Gasteiger partial charge >= 0.3 is 0 Å². The lowest BCUT2D eigenvalue weighted by Crippen LogP contribution is -1.98. The van der Waals surface area contributed by atoms with Crippen molar-refractivity contribution in [3.8, 4) is 5.75 Å². The first-order chi connectivity index (χ1) is 9.51. The van der Waals surface area contributed by atoms with Crippen molar-refractivity contribution < 1.29 is 5.11 Å². The Morgan fingerprint density at radius 1 is 1.50 bits per heavy atom. The second-order valence-corrected chi connectivity index (χ2v) is 4.96. The van der Waals surface area contributed by atoms with E-state index in [-0.39, 0.29) is 5.75 Å². The van der Waals surface area contributed by atoms with E-state index in [1.165, 1.54) is 10.2 Å². The Morgan fingerprint density at radius 3 is 2.85 bits per heavy atom. The summed E-state index contributed by atoms with van der Waals surface area (Å²) in [5.74, 6) is 0.982. The predicted molar refractivity (Wildman–Crippen MR) is 81.2 cm³/mol. The molecule has 0 aliphatic rings. The van der Waals surface area contributed by atoms with Gasteiger partial charge in [-0.25, -0.2) is 9.66 Å². The zero-order chi connectivity index (χ0) is 14.7. The van der Waals surface area contributed by atoms with Crippen molar-refractivity contribution in [2.24, 2.45) is 5.10 Å². The van der Waals surface area contributed by atoms with Gasteiger partial charge in [-0.05, 0) is 37.0 Å². The summed E-state index contributed by atoms with van der Waals surface area (Å²) in [6.45, 7) is 6.15. The average Bonchev–Trinajstić information content (AvgIpc) is 2.75. The smallest absolute Gasteiger partial charge is 0.221 e. The van der Waals surface area contributed by atoms with E-state index in [1.54, 1.807) is 18.5 Å². The Bertz CT molecular complexity index is 631. The van der Waals surface area contributed by atoms with Gasteiger partial charge in [0.15, 0.2) is 0 Å². The molecule has 0 aliphatic carbocycles. The number of aromatic hydroxyl groups is 1. The molecule has 5 heteroatoms. The molecule has 1 aromatic heterocycles. The highest BCUT2D eigenvalue weighted by Crippen LogP contribution is 2.24. The molecule has 2 aromatic rings. The van der Waals surface area contributed by atoms with Crippen LogP contribution in [0.2, 0.25) is 0 Å². The number of aryl methyl sites for hydroxylation is 1. The van der Waals surface area contributed by atoms with Crippen molar-refractivity contribution in [3.63, 3.8) is 0 Å². The fourth-order valence-electron chi connectivity index (χ4n) is 1.94. The van der Waals surface area contributed by atoms with Crippen molar-refractivity contribution >= 4 is 12.2 Å². The van der Waals surface area contributed by atoms with Crippen molar-refractivity contribution in [2.75, 3.05) is 5.73 Å². The van der Waals surface area contributed by atoms with Gasteiger partial charge in [-0.3, -0.25) is 0 Å². The monoisotopic (exact) mass is 272 g/mol. The number of phenols is 1. The van der Waals surface area contributed by atoms with Crippen LogP contribution in [0.5, 0.6) is 5.75 Å². The molecule has 20 heavy (non-hydrogen) atoms. The van der Waals surface area contributed by atoms with Crippen LogP contribution >= 0.6 is 0 Å². The van der Waals surface area contributed by atoms with Gasteiger partial charge in [0.05, 0.1) is 18.1 Å². The van der Waals surface area contributed by atoms with Gasteiger partial charge in [-0.2, -0.15) is 5.10 Å². The summed E-state index contributed by atoms with van der Waals surface area (Å²) in [6, 6.07) is 5.59. The molecule has 2 rings (SSSR count). The third-order valence-corrected chi connectivity index (χ3v) is 3.39. The minimum absolute atomic E-state index is 0.205. The van der Waals surface area contributed by atoms with Gasteiger partial charge < -0.3 is 10.8 Å². The largest absolute Gasteiger partial charge is 0.507 e. The van der Waals surface area contributed by atoms with Gasteiger partial charge in [-0.15, -0.1) is 0 Å². The molecule has 0 radical (unpaired) electrons. The molecule has 1 aromatic carbocycles. The molecule has 1 unspecified atom stereocenters. The summed E-state index contributed by atoms with van der Waals surface area (Å²) >= 11 is 0. The molecule has 0 fully saturated rings. The van der Waals surface area contributed by atoms with Gasteiger partial charge in [-0.1, -0.05) is 19.9 Å². The van der Waals surface area contributed by atoms with Crippen LogP contribution in [0.25, 0.3) is 0 Å². The topological polar surface area (TPSA) is 76.4 Å². The van der Waals surface area contributed by atoms with E-state index < -0.39 is 0 Å². The summed E-state index contributed by atoms with van der Waals surface area (Å²) in [4.78, 5) is 4.07. The number of hydrogen-bond acceptors (Lipinski definition) is 4. The second-order valence-electron chi connectivity index (χ2n) is 4.96. The molecule has 1 atom stereocenters. The van der Waals surface area contributed by atoms with E-state index in [4.69, 9.17) is 5.73 Å². The van der Waals surface area contributed by atoms with Crippen LogP contribution in [0, 0.1) is 6.92 Å². The van der Waals surface area contributed by atoms with Crippen molar-refractivity contribution in [1.29, 1.82) is 0 Å². The van der Waals surface area contributed by atoms with Crippen LogP contribution in [-0.4, -0.2) is 21.0 Å². The van der Waals surface area contributed by atoms with E-state index in [0.29, 0.717) is 17.4 Å². The fourth-order valence-corrected chi connectivity index (χ4v) is 1.94. The fraction of sp³-hybridized carbons (Fsp3) is 0.333. The Kier molecular flexibility index (Phi) is 4.08. The Balaban J connectivity index is 2.30. The zero-order valence-electron chi connectivity index (χ0n) is 12.0. The first-order valence-electron chi connectivity index (χ1n) is 6.70. The minimum Gasteiger partial charge on any atom is -0.507 e. The number of benzene rings is 1. The maximum Gasteiger partial charge on any atom is 0.221 e. The summed E-state index contributed by atoms with van der Waals surface area (Å²) in [6.07, 6.45) is 4.38. The van der Waals surface area contributed by atoms with E-state index in [0.717, 1.165) is 12.1 Å². The van der Waals surface area contributed by atoms with E-state index in [1.807, 2.05) is 19.1 Å². The van der Waals surface area contributed by atoms with Crippen LogP contribution in [0.3, 0.4) is 0 Å². The van der Waals surface area contributed by atoms with Crippen molar-refractivity contribution in [1.82, 2.24) is 9.66 Å². The number of rotatable bonds is 4. The number of hydrogen-bond donors (Lipinski definition) is 2. The van der Waals surface area contributed by atoms with Crippen LogP contribution < -0.4 is 5.73 Å². The quantitative estimate of drug-likeness (QED) is 0.840. The van der Waals surface area contributed by atoms with E-state index >= 15 is 0 Å². The van der Waals surface area contributed by atoms with Gasteiger partial charge in [0, 0.05) is 5.56 Å². The summed E-state index contributed by atoms with van der Waals surface area (Å²) in [7, 11) is 0. The van der Waals surface area contributed by atoms with Crippen LogP contribution in [0.15, 0.2) is 29.5 Å². The summed E-state index contributed by atoms with van der Waals surface area (Å²) in [5.41, 5.74) is 8.38. The summed E-state index contributed by atoms with van der Waals surface area (Å²) in [5, 5.41) is 14.1. The molecule has 0 aliphatic heterocycles. The number of nitrogen functional groups attached to an aromatic ring is 1. The molecule has 0 bridgehead atoms. The maximum absolute atomic E-state index is 9.89. The number of nitrogens with zero attached hydrogens (tertiary/aromatic N) is 3. The van der Waals surface area contributed by atoms with Crippen molar-refractivity contribution in [3.05, 3.63) is 41.2 Å². The van der Waals surface area contributed by atoms with E-state index in [2.05, 4.69) is 23.9 Å². The molecule has 1 heterocycles. The lowest BCUT2D eigenvalue weighted by Gasteiger charge is -2.10. The highest BCUT2D eigenvalue weighted by atomic mass is 16.3. The third kappa shape index (κ3) is 2.99. The van der Waals surface area contributed by atoms with Crippen LogP contribution in [0.1, 0.15) is 43.0 Å². The number of nitrogens with two attached hydrogens (primary N) is 1. The number of imidazole rings is 1. The number of anilines is 1. The minimum atomic E-state index is 0.205. The van der Waals surface area contributed by atoms with E-state index in [9.17, 15) is 5.11 Å². The normalized spacial score (nSPS) is 12.9. The Morgan fingerprint density at radius 2 is 2.25 bits per heavy atom. The first kappa shape index (κ1) is 14.1. The lowest BCUT2D eigenvalue weighted by molar-refractivity contribution is 0.474.